The lowest BCUT2D eigenvalue weighted by Gasteiger charge is -2.19. The van der Waals surface area contributed by atoms with E-state index in [2.05, 4.69) is 20.4 Å². The Hall–Kier alpha value is -2.69. The van der Waals surface area contributed by atoms with Gasteiger partial charge in [0, 0.05) is 6.54 Å². The van der Waals surface area contributed by atoms with Crippen LogP contribution in [0.5, 0.6) is 0 Å². The van der Waals surface area contributed by atoms with Crippen LogP contribution >= 0.6 is 34.7 Å². The number of carbonyl (C=O) groups excluding carboxylic acids is 1. The predicted octanol–water partition coefficient (Wildman–Crippen LogP) is 5.03. The Bertz CT molecular complexity index is 1150. The van der Waals surface area contributed by atoms with Crippen molar-refractivity contribution in [2.45, 2.75) is 25.1 Å². The van der Waals surface area contributed by atoms with Crippen LogP contribution in [0.1, 0.15) is 19.2 Å². The van der Waals surface area contributed by atoms with Crippen LogP contribution in [-0.4, -0.2) is 43.5 Å². The molecule has 0 bridgehead atoms. The maximum Gasteiger partial charge on any atom is 0.277 e. The van der Waals surface area contributed by atoms with Crippen LogP contribution in [-0.2, 0) is 11.3 Å². The van der Waals surface area contributed by atoms with Crippen LogP contribution in [0, 0.1) is 0 Å². The van der Waals surface area contributed by atoms with Crippen LogP contribution in [0.25, 0.3) is 22.2 Å². The van der Waals surface area contributed by atoms with Crippen LogP contribution in [0.2, 0.25) is 5.02 Å². The lowest BCUT2D eigenvalue weighted by molar-refractivity contribution is -0.129. The summed E-state index contributed by atoms with van der Waals surface area (Å²) in [6, 6.07) is 11.0. The van der Waals surface area contributed by atoms with E-state index in [-0.39, 0.29) is 18.2 Å². The number of amides is 1. The van der Waals surface area contributed by atoms with Gasteiger partial charge in [0.1, 0.15) is 0 Å². The standard InChI is InChI=1S/C20H18ClN5O3S2/c1-2-9-26(11-16-22-24-19(28-16)15-8-5-10-30-15)17(27)12-31-20-25-23-18(29-20)13-6-3-4-7-14(13)21/h3-8,10H,2,9,11-12H2,1H3. The van der Waals surface area contributed by atoms with Gasteiger partial charge in [-0.1, -0.05) is 48.5 Å². The second-order valence-electron chi connectivity index (χ2n) is 6.44. The van der Waals surface area contributed by atoms with E-state index in [0.717, 1.165) is 11.3 Å². The van der Waals surface area contributed by atoms with Crippen molar-refractivity contribution in [3.05, 3.63) is 52.7 Å². The second-order valence-corrected chi connectivity index (χ2v) is 8.72. The van der Waals surface area contributed by atoms with E-state index in [1.165, 1.54) is 23.1 Å². The normalized spacial score (nSPS) is 11.0. The topological polar surface area (TPSA) is 98.2 Å². The van der Waals surface area contributed by atoms with Crippen molar-refractivity contribution >= 4 is 40.6 Å². The molecule has 0 N–H and O–H groups in total. The van der Waals surface area contributed by atoms with Crippen molar-refractivity contribution in [1.29, 1.82) is 0 Å². The maximum absolute atomic E-state index is 12.8. The molecule has 11 heteroatoms. The van der Waals surface area contributed by atoms with E-state index in [0.29, 0.717) is 40.0 Å². The molecule has 0 unspecified atom stereocenters. The fourth-order valence-electron chi connectivity index (χ4n) is 2.77. The molecule has 0 aliphatic rings. The lowest BCUT2D eigenvalue weighted by Crippen LogP contribution is -2.32. The summed E-state index contributed by atoms with van der Waals surface area (Å²) < 4.78 is 11.4. The summed E-state index contributed by atoms with van der Waals surface area (Å²) in [5.74, 6) is 1.24. The first-order chi connectivity index (χ1) is 15.1. The molecule has 0 radical (unpaired) electrons. The highest BCUT2D eigenvalue weighted by atomic mass is 35.5. The molecule has 8 nitrogen and oxygen atoms in total. The molecule has 160 valence electrons. The van der Waals surface area contributed by atoms with Gasteiger partial charge in [-0.05, 0) is 30.0 Å². The number of nitrogens with zero attached hydrogens (tertiary/aromatic N) is 5. The Kier molecular flexibility index (Phi) is 7.00. The summed E-state index contributed by atoms with van der Waals surface area (Å²) >= 11 is 8.87. The number of thioether (sulfide) groups is 1. The van der Waals surface area contributed by atoms with Crippen LogP contribution in [0.4, 0.5) is 0 Å². The molecule has 0 saturated carbocycles. The summed E-state index contributed by atoms with van der Waals surface area (Å²) in [4.78, 5) is 15.4. The van der Waals surface area contributed by atoms with E-state index < -0.39 is 0 Å². The molecular weight excluding hydrogens is 458 g/mol. The van der Waals surface area contributed by atoms with Crippen molar-refractivity contribution in [1.82, 2.24) is 25.3 Å². The largest absolute Gasteiger partial charge is 0.418 e. The zero-order chi connectivity index (χ0) is 21.6. The van der Waals surface area contributed by atoms with Gasteiger partial charge >= 0.3 is 0 Å². The molecule has 1 amide bonds. The van der Waals surface area contributed by atoms with Crippen molar-refractivity contribution in [2.75, 3.05) is 12.3 Å². The van der Waals surface area contributed by atoms with Crippen molar-refractivity contribution < 1.29 is 13.6 Å². The zero-order valence-corrected chi connectivity index (χ0v) is 18.9. The number of carbonyl (C=O) groups is 1. The average Bonchev–Trinajstić information content (AvgIpc) is 3.53. The summed E-state index contributed by atoms with van der Waals surface area (Å²) in [7, 11) is 0. The highest BCUT2D eigenvalue weighted by molar-refractivity contribution is 7.99. The molecule has 4 aromatic rings. The molecule has 0 atom stereocenters. The molecule has 31 heavy (non-hydrogen) atoms. The minimum atomic E-state index is -0.0831. The molecule has 0 fully saturated rings. The van der Waals surface area contributed by atoms with Crippen LogP contribution < -0.4 is 0 Å². The first kappa shape index (κ1) is 21.5. The molecule has 4 rings (SSSR count). The predicted molar refractivity (Wildman–Crippen MR) is 119 cm³/mol. The number of benzene rings is 1. The van der Waals surface area contributed by atoms with Crippen LogP contribution in [0.15, 0.2) is 55.8 Å². The van der Waals surface area contributed by atoms with E-state index in [9.17, 15) is 4.79 Å². The quantitative estimate of drug-likeness (QED) is 0.311. The fourth-order valence-corrected chi connectivity index (χ4v) is 4.30. The van der Waals surface area contributed by atoms with Gasteiger partial charge < -0.3 is 13.7 Å². The molecule has 1 aromatic carbocycles. The fraction of sp³-hybridized carbons (Fsp3) is 0.250. The van der Waals surface area contributed by atoms with Crippen molar-refractivity contribution in [2.24, 2.45) is 0 Å². The highest BCUT2D eigenvalue weighted by Gasteiger charge is 2.20. The number of aromatic nitrogens is 4. The van der Waals surface area contributed by atoms with Crippen molar-refractivity contribution in [3.8, 4) is 22.2 Å². The number of halogens is 1. The molecule has 0 spiro atoms. The maximum atomic E-state index is 12.8. The van der Waals surface area contributed by atoms with Gasteiger partial charge in [-0.25, -0.2) is 0 Å². The number of rotatable bonds is 9. The second kappa shape index (κ2) is 10.1. The monoisotopic (exact) mass is 475 g/mol. The van der Waals surface area contributed by atoms with E-state index >= 15 is 0 Å². The van der Waals surface area contributed by atoms with E-state index in [4.69, 9.17) is 20.4 Å². The Morgan fingerprint density at radius 2 is 1.94 bits per heavy atom. The van der Waals surface area contributed by atoms with Gasteiger partial charge in [0.2, 0.25) is 17.7 Å². The summed E-state index contributed by atoms with van der Waals surface area (Å²) in [6.45, 7) is 2.83. The summed E-state index contributed by atoms with van der Waals surface area (Å²) in [6.07, 6.45) is 0.805. The minimum absolute atomic E-state index is 0.0831. The van der Waals surface area contributed by atoms with E-state index in [1.54, 1.807) is 17.0 Å². The van der Waals surface area contributed by atoms with Gasteiger partial charge in [-0.2, -0.15) is 0 Å². The Morgan fingerprint density at radius 1 is 1.10 bits per heavy atom. The molecule has 0 aliphatic carbocycles. The SMILES string of the molecule is CCCN(Cc1nnc(-c2cccs2)o1)C(=O)CSc1nnc(-c2ccccc2Cl)o1. The average molecular weight is 476 g/mol. The number of hydrogen-bond donors (Lipinski definition) is 0. The molecule has 3 heterocycles. The van der Waals surface area contributed by atoms with Gasteiger partial charge in [0.05, 0.1) is 27.8 Å². The van der Waals surface area contributed by atoms with Crippen molar-refractivity contribution in [3.63, 3.8) is 0 Å². The zero-order valence-electron chi connectivity index (χ0n) is 16.5. The smallest absolute Gasteiger partial charge is 0.277 e. The third-order valence-electron chi connectivity index (χ3n) is 4.20. The Balaban J connectivity index is 1.37. The summed E-state index contributed by atoms with van der Waals surface area (Å²) in [5.41, 5.74) is 0.653. The number of thiophene rings is 1. The molecule has 0 saturated heterocycles. The summed E-state index contributed by atoms with van der Waals surface area (Å²) in [5, 5.41) is 18.9. The minimum Gasteiger partial charge on any atom is -0.418 e. The third-order valence-corrected chi connectivity index (χ3v) is 6.19. The first-order valence-corrected chi connectivity index (χ1v) is 11.7. The first-order valence-electron chi connectivity index (χ1n) is 9.49. The Labute approximate surface area is 191 Å². The molecular formula is C20H18ClN5O3S2. The number of hydrogen-bond acceptors (Lipinski definition) is 9. The Morgan fingerprint density at radius 3 is 2.71 bits per heavy atom. The van der Waals surface area contributed by atoms with E-state index in [1.807, 2.05) is 36.6 Å². The van der Waals surface area contributed by atoms with Gasteiger partial charge in [0.25, 0.3) is 11.1 Å². The molecule has 0 aliphatic heterocycles. The van der Waals surface area contributed by atoms with Crippen LogP contribution in [0.3, 0.4) is 0 Å². The molecule has 3 aromatic heterocycles. The third kappa shape index (κ3) is 5.33. The highest BCUT2D eigenvalue weighted by Crippen LogP contribution is 2.29. The van der Waals surface area contributed by atoms with Gasteiger partial charge in [-0.3, -0.25) is 4.79 Å². The lowest BCUT2D eigenvalue weighted by atomic mass is 10.2. The van der Waals surface area contributed by atoms with Gasteiger partial charge in [0.15, 0.2) is 0 Å². The van der Waals surface area contributed by atoms with Gasteiger partial charge in [-0.15, -0.1) is 31.7 Å².